The molecule has 0 spiro atoms. The molecular formula is C25H27N4+. The molecule has 0 fully saturated rings. The lowest BCUT2D eigenvalue weighted by atomic mass is 10.1. The van der Waals surface area contributed by atoms with E-state index < -0.39 is 0 Å². The molecule has 4 heteroatoms. The van der Waals surface area contributed by atoms with Crippen molar-refractivity contribution in [3.05, 3.63) is 83.5 Å². The highest BCUT2D eigenvalue weighted by atomic mass is 15.4. The number of benzene rings is 2. The summed E-state index contributed by atoms with van der Waals surface area (Å²) in [6.45, 7) is 18.6. The van der Waals surface area contributed by atoms with E-state index in [0.717, 1.165) is 17.1 Å². The molecule has 0 amide bonds. The van der Waals surface area contributed by atoms with Crippen LogP contribution in [-0.2, 0) is 0 Å². The summed E-state index contributed by atoms with van der Waals surface area (Å²) in [5.41, 5.74) is 7.55. The Hall–Kier alpha value is -3.32. The lowest BCUT2D eigenvalue weighted by Gasteiger charge is -2.33. The topological polar surface area (TPSA) is 14.7 Å². The molecule has 0 bridgehead atoms. The van der Waals surface area contributed by atoms with E-state index in [1.807, 2.05) is 24.3 Å². The number of pyridine rings is 1. The fourth-order valence-corrected chi connectivity index (χ4v) is 4.49. The Kier molecular flexibility index (Phi) is 4.76. The number of hydrogen-bond donors (Lipinski definition) is 0. The van der Waals surface area contributed by atoms with Crippen molar-refractivity contribution >= 4 is 22.7 Å². The molecule has 3 aromatic rings. The van der Waals surface area contributed by atoms with E-state index in [1.54, 1.807) is 0 Å². The Bertz CT molecular complexity index is 1110. The normalized spacial score (nSPS) is 15.6. The molecule has 1 aliphatic rings. The predicted octanol–water partition coefficient (Wildman–Crippen LogP) is 5.84. The Morgan fingerprint density at radius 3 is 2.31 bits per heavy atom. The van der Waals surface area contributed by atoms with Crippen molar-refractivity contribution in [3.63, 3.8) is 0 Å². The summed E-state index contributed by atoms with van der Waals surface area (Å²) in [5.74, 6) is 0. The molecule has 1 aromatic heterocycles. The third-order valence-electron chi connectivity index (χ3n) is 5.80. The molecule has 0 N–H and O–H groups in total. The first kappa shape index (κ1) is 19.0. The van der Waals surface area contributed by atoms with Gasteiger partial charge in [0, 0.05) is 42.4 Å². The van der Waals surface area contributed by atoms with Crippen molar-refractivity contribution in [2.24, 2.45) is 0 Å². The second-order valence-electron chi connectivity index (χ2n) is 7.92. The van der Waals surface area contributed by atoms with Gasteiger partial charge in [0.15, 0.2) is 17.6 Å². The Labute approximate surface area is 173 Å². The first-order valence-electron chi connectivity index (χ1n) is 10.1. The highest BCUT2D eigenvalue weighted by Crippen LogP contribution is 2.47. The average molecular weight is 384 g/mol. The SMILES string of the molecule is [C-]#[N+]c1cc(N2c3ccccc3N(C(C)C)[C@H]2C)c(C)c(-[n+]2ccccc2C)c1. The standard InChI is InChI=1S/C25H27N4/c1-17(2)28-20(5)29(23-13-8-7-12-22(23)28)25-16-21(26-6)15-24(19(25)4)27-14-10-9-11-18(27)3/h7-17,20H,1-5H3/q+1/t20-/m1/s1. The first-order chi connectivity index (χ1) is 13.9. The summed E-state index contributed by atoms with van der Waals surface area (Å²) < 4.78 is 2.17. The van der Waals surface area contributed by atoms with E-state index >= 15 is 0 Å². The number of hydrogen-bond acceptors (Lipinski definition) is 2. The van der Waals surface area contributed by atoms with Crippen LogP contribution in [0.4, 0.5) is 22.7 Å². The molecule has 0 radical (unpaired) electrons. The Balaban J connectivity index is 1.96. The number of aryl methyl sites for hydroxylation is 1. The van der Waals surface area contributed by atoms with Crippen molar-refractivity contribution in [2.45, 2.75) is 46.8 Å². The number of aromatic nitrogens is 1. The summed E-state index contributed by atoms with van der Waals surface area (Å²) in [5, 5.41) is 0. The van der Waals surface area contributed by atoms with Crippen LogP contribution in [0.5, 0.6) is 0 Å². The maximum Gasteiger partial charge on any atom is 0.205 e. The molecule has 29 heavy (non-hydrogen) atoms. The molecule has 0 saturated heterocycles. The van der Waals surface area contributed by atoms with Crippen LogP contribution >= 0.6 is 0 Å². The van der Waals surface area contributed by atoms with E-state index in [0.29, 0.717) is 11.7 Å². The fraction of sp³-hybridized carbons (Fsp3) is 0.280. The van der Waals surface area contributed by atoms with Crippen LogP contribution in [-0.4, -0.2) is 12.2 Å². The number of nitrogens with zero attached hydrogens (tertiary/aromatic N) is 4. The molecule has 2 heterocycles. The number of fused-ring (bicyclic) bond motifs is 1. The van der Waals surface area contributed by atoms with Gasteiger partial charge in [-0.3, -0.25) is 0 Å². The first-order valence-corrected chi connectivity index (χ1v) is 10.1. The summed E-state index contributed by atoms with van der Waals surface area (Å²) in [6.07, 6.45) is 2.23. The van der Waals surface area contributed by atoms with Crippen LogP contribution in [0, 0.1) is 20.4 Å². The van der Waals surface area contributed by atoms with Crippen molar-refractivity contribution in [1.82, 2.24) is 0 Å². The van der Waals surface area contributed by atoms with Crippen molar-refractivity contribution in [2.75, 3.05) is 9.80 Å². The van der Waals surface area contributed by atoms with Gasteiger partial charge in [-0.15, -0.1) is 0 Å². The highest BCUT2D eigenvalue weighted by Gasteiger charge is 2.36. The van der Waals surface area contributed by atoms with Gasteiger partial charge in [0.1, 0.15) is 6.17 Å². The minimum Gasteiger partial charge on any atom is -0.347 e. The molecule has 4 rings (SSSR count). The third-order valence-corrected chi connectivity index (χ3v) is 5.80. The van der Waals surface area contributed by atoms with E-state index in [-0.39, 0.29) is 6.17 Å². The van der Waals surface area contributed by atoms with Gasteiger partial charge in [-0.2, -0.15) is 4.57 Å². The number of rotatable bonds is 3. The van der Waals surface area contributed by atoms with Crippen LogP contribution in [0.2, 0.25) is 0 Å². The second kappa shape index (κ2) is 7.25. The van der Waals surface area contributed by atoms with Crippen LogP contribution in [0.3, 0.4) is 0 Å². The van der Waals surface area contributed by atoms with Gasteiger partial charge < -0.3 is 9.80 Å². The summed E-state index contributed by atoms with van der Waals surface area (Å²) in [6, 6.07) is 19.1. The molecule has 4 nitrogen and oxygen atoms in total. The van der Waals surface area contributed by atoms with Crippen molar-refractivity contribution in [1.29, 1.82) is 0 Å². The molecule has 1 aliphatic heterocycles. The smallest absolute Gasteiger partial charge is 0.205 e. The number of para-hydroxylation sites is 2. The second-order valence-corrected chi connectivity index (χ2v) is 7.92. The van der Waals surface area contributed by atoms with Gasteiger partial charge >= 0.3 is 0 Å². The predicted molar refractivity (Wildman–Crippen MR) is 119 cm³/mol. The van der Waals surface area contributed by atoms with Crippen molar-refractivity contribution in [3.8, 4) is 5.69 Å². The van der Waals surface area contributed by atoms with Gasteiger partial charge in [0.2, 0.25) is 5.69 Å². The zero-order valence-corrected chi connectivity index (χ0v) is 17.7. The molecule has 0 unspecified atom stereocenters. The Morgan fingerprint density at radius 2 is 1.66 bits per heavy atom. The maximum atomic E-state index is 7.68. The zero-order valence-electron chi connectivity index (χ0n) is 17.7. The lowest BCUT2D eigenvalue weighted by molar-refractivity contribution is -0.603. The largest absolute Gasteiger partial charge is 0.347 e. The highest BCUT2D eigenvalue weighted by molar-refractivity contribution is 5.86. The van der Waals surface area contributed by atoms with Gasteiger partial charge in [0.25, 0.3) is 0 Å². The van der Waals surface area contributed by atoms with Crippen LogP contribution in [0.1, 0.15) is 32.0 Å². The molecular weight excluding hydrogens is 356 g/mol. The fourth-order valence-electron chi connectivity index (χ4n) is 4.49. The van der Waals surface area contributed by atoms with Crippen LogP contribution < -0.4 is 14.4 Å². The monoisotopic (exact) mass is 383 g/mol. The molecule has 0 saturated carbocycles. The quantitative estimate of drug-likeness (QED) is 0.417. The third kappa shape index (κ3) is 3.03. The van der Waals surface area contributed by atoms with Gasteiger partial charge in [-0.1, -0.05) is 18.2 Å². The molecule has 2 aromatic carbocycles. The molecule has 1 atom stereocenters. The molecule has 146 valence electrons. The van der Waals surface area contributed by atoms with Crippen LogP contribution in [0.25, 0.3) is 10.5 Å². The van der Waals surface area contributed by atoms with E-state index in [2.05, 4.69) is 90.4 Å². The van der Waals surface area contributed by atoms with E-state index in [4.69, 9.17) is 6.57 Å². The molecule has 0 aliphatic carbocycles. The maximum absolute atomic E-state index is 7.68. The summed E-state index contributed by atoms with van der Waals surface area (Å²) >= 11 is 0. The summed E-state index contributed by atoms with van der Waals surface area (Å²) in [7, 11) is 0. The van der Waals surface area contributed by atoms with Crippen molar-refractivity contribution < 1.29 is 4.57 Å². The summed E-state index contributed by atoms with van der Waals surface area (Å²) in [4.78, 5) is 8.61. The number of anilines is 3. The zero-order chi connectivity index (χ0) is 20.7. The Morgan fingerprint density at radius 1 is 0.966 bits per heavy atom. The average Bonchev–Trinajstić information content (AvgIpc) is 3.01. The lowest BCUT2D eigenvalue weighted by Crippen LogP contribution is -2.43. The minimum absolute atomic E-state index is 0.168. The minimum atomic E-state index is 0.168. The van der Waals surface area contributed by atoms with Gasteiger partial charge in [-0.05, 0) is 45.9 Å². The van der Waals surface area contributed by atoms with E-state index in [9.17, 15) is 0 Å². The van der Waals surface area contributed by atoms with Crippen LogP contribution in [0.15, 0.2) is 60.8 Å². The van der Waals surface area contributed by atoms with Gasteiger partial charge in [-0.25, -0.2) is 4.85 Å². The van der Waals surface area contributed by atoms with Gasteiger partial charge in [0.05, 0.1) is 17.9 Å². The van der Waals surface area contributed by atoms with E-state index in [1.165, 1.54) is 16.9 Å².